The third-order valence-electron chi connectivity index (χ3n) is 8.15. The Morgan fingerprint density at radius 1 is 1.13 bits per heavy atom. The van der Waals surface area contributed by atoms with Gasteiger partial charge in [-0.05, 0) is 51.5 Å². The number of halogens is 3. The van der Waals surface area contributed by atoms with E-state index in [4.69, 9.17) is 9.72 Å². The maximum absolute atomic E-state index is 15.5. The number of aliphatic hydroxyl groups is 1. The lowest BCUT2D eigenvalue weighted by molar-refractivity contribution is -0.145. The standard InChI is InChI=1S/C33H40F3N5O4/c1-20(42)31(43)41(17-23-16-40(18-27(23)36)32(44)45-33(2,3)4)29(22-13-37-14-22)30-38-28(25-12-24(34)10-11-26(25)35)19-39(30)15-21-8-6-5-7-9-21/h5-12,19-20,22-23,27,29,37,42H,13-18H2,1-4H3/t20-,23-,27-,29+/m0/s1. The molecule has 2 saturated heterocycles. The first-order valence-electron chi connectivity index (χ1n) is 15.2. The number of carbonyl (C=O) groups is 2. The number of carbonyl (C=O) groups excluding carboxylic acids is 2. The Kier molecular flexibility index (Phi) is 9.54. The van der Waals surface area contributed by atoms with Gasteiger partial charge < -0.3 is 29.5 Å². The molecule has 0 aliphatic carbocycles. The highest BCUT2D eigenvalue weighted by Crippen LogP contribution is 2.36. The second-order valence-electron chi connectivity index (χ2n) is 12.9. The maximum Gasteiger partial charge on any atom is 0.410 e. The van der Waals surface area contributed by atoms with Crippen molar-refractivity contribution in [2.75, 3.05) is 32.7 Å². The van der Waals surface area contributed by atoms with E-state index in [1.54, 1.807) is 31.5 Å². The number of amides is 2. The van der Waals surface area contributed by atoms with Crippen LogP contribution in [0.3, 0.4) is 0 Å². The molecule has 242 valence electrons. The van der Waals surface area contributed by atoms with E-state index in [2.05, 4.69) is 5.32 Å². The van der Waals surface area contributed by atoms with Crippen molar-refractivity contribution in [3.63, 3.8) is 0 Å². The van der Waals surface area contributed by atoms with Crippen molar-refractivity contribution in [2.45, 2.75) is 58.2 Å². The zero-order valence-electron chi connectivity index (χ0n) is 25.9. The number of hydrogen-bond acceptors (Lipinski definition) is 6. The first kappa shape index (κ1) is 32.5. The number of alkyl halides is 1. The van der Waals surface area contributed by atoms with Crippen LogP contribution in [0.1, 0.15) is 45.1 Å². The van der Waals surface area contributed by atoms with Crippen LogP contribution in [0.4, 0.5) is 18.0 Å². The third kappa shape index (κ3) is 7.50. The molecule has 0 unspecified atom stereocenters. The fraction of sp³-hybridized carbons (Fsp3) is 0.485. The number of aliphatic hydroxyl groups excluding tert-OH is 1. The van der Waals surface area contributed by atoms with Crippen LogP contribution in [0, 0.1) is 23.5 Å². The summed E-state index contributed by atoms with van der Waals surface area (Å²) >= 11 is 0. The van der Waals surface area contributed by atoms with E-state index in [0.717, 1.165) is 23.8 Å². The van der Waals surface area contributed by atoms with Crippen LogP contribution in [-0.2, 0) is 16.1 Å². The average molecular weight is 628 g/mol. The molecule has 2 fully saturated rings. The van der Waals surface area contributed by atoms with Crippen LogP contribution in [0.15, 0.2) is 54.7 Å². The number of benzene rings is 2. The van der Waals surface area contributed by atoms with Crippen molar-refractivity contribution in [3.8, 4) is 11.3 Å². The molecule has 4 atom stereocenters. The van der Waals surface area contributed by atoms with Crippen molar-refractivity contribution in [3.05, 3.63) is 77.8 Å². The number of likely N-dealkylation sites (tertiary alicyclic amines) is 1. The van der Waals surface area contributed by atoms with Crippen LogP contribution in [0.5, 0.6) is 0 Å². The van der Waals surface area contributed by atoms with Gasteiger partial charge in [0.25, 0.3) is 5.91 Å². The summed E-state index contributed by atoms with van der Waals surface area (Å²) in [6.07, 6.45) is -1.86. The molecule has 2 amide bonds. The lowest BCUT2D eigenvalue weighted by Crippen LogP contribution is -2.55. The zero-order chi connectivity index (χ0) is 32.5. The van der Waals surface area contributed by atoms with E-state index < -0.39 is 53.5 Å². The number of nitrogens with one attached hydrogen (secondary N) is 1. The molecule has 3 aromatic rings. The van der Waals surface area contributed by atoms with Gasteiger partial charge in [-0.1, -0.05) is 30.3 Å². The number of rotatable bonds is 9. The Morgan fingerprint density at radius 3 is 2.47 bits per heavy atom. The molecule has 45 heavy (non-hydrogen) atoms. The van der Waals surface area contributed by atoms with E-state index in [9.17, 15) is 23.5 Å². The molecular formula is C33H40F3N5O4. The Morgan fingerprint density at radius 2 is 1.84 bits per heavy atom. The molecule has 2 aromatic carbocycles. The number of ether oxygens (including phenoxy) is 1. The average Bonchev–Trinajstić information content (AvgIpc) is 3.53. The van der Waals surface area contributed by atoms with Gasteiger partial charge in [0.15, 0.2) is 0 Å². The minimum atomic E-state index is -1.44. The van der Waals surface area contributed by atoms with Crippen LogP contribution < -0.4 is 5.32 Å². The van der Waals surface area contributed by atoms with Crippen LogP contribution >= 0.6 is 0 Å². The largest absolute Gasteiger partial charge is 0.444 e. The summed E-state index contributed by atoms with van der Waals surface area (Å²) in [6.45, 7) is 7.62. The second-order valence-corrected chi connectivity index (χ2v) is 12.9. The summed E-state index contributed by atoms with van der Waals surface area (Å²) in [4.78, 5) is 34.0. The van der Waals surface area contributed by atoms with Gasteiger partial charge in [-0.15, -0.1) is 0 Å². The molecule has 2 aliphatic rings. The highest BCUT2D eigenvalue weighted by atomic mass is 19.1. The second kappa shape index (κ2) is 13.2. The number of hydrogen-bond donors (Lipinski definition) is 2. The van der Waals surface area contributed by atoms with Crippen molar-refractivity contribution in [2.24, 2.45) is 11.8 Å². The number of aromatic nitrogens is 2. The minimum Gasteiger partial charge on any atom is -0.444 e. The topological polar surface area (TPSA) is 99.9 Å². The molecular weight excluding hydrogens is 587 g/mol. The predicted molar refractivity (Wildman–Crippen MR) is 162 cm³/mol. The SMILES string of the molecule is C[C@H](O)C(=O)N(C[C@@H]1CN(C(=O)OC(C)(C)C)C[C@@H]1F)[C@@H](c1nc(-c2cc(F)ccc2F)cn1Cc1ccccc1)C1CNC1. The number of imidazole rings is 1. The lowest BCUT2D eigenvalue weighted by Gasteiger charge is -2.42. The molecule has 2 N–H and O–H groups in total. The van der Waals surface area contributed by atoms with E-state index >= 15 is 4.39 Å². The smallest absolute Gasteiger partial charge is 0.410 e. The molecule has 3 heterocycles. The zero-order valence-corrected chi connectivity index (χ0v) is 25.9. The van der Waals surface area contributed by atoms with E-state index in [1.165, 1.54) is 16.7 Å². The van der Waals surface area contributed by atoms with Gasteiger partial charge in [-0.25, -0.2) is 22.9 Å². The Bertz CT molecular complexity index is 1510. The van der Waals surface area contributed by atoms with E-state index in [1.807, 2.05) is 30.3 Å². The van der Waals surface area contributed by atoms with Gasteiger partial charge in [-0.2, -0.15) is 0 Å². The summed E-state index contributed by atoms with van der Waals surface area (Å²) in [6, 6.07) is 11.9. The Labute approximate surface area is 261 Å². The van der Waals surface area contributed by atoms with Crippen LogP contribution in [0.2, 0.25) is 0 Å². The monoisotopic (exact) mass is 627 g/mol. The number of nitrogens with zero attached hydrogens (tertiary/aromatic N) is 4. The molecule has 9 nitrogen and oxygen atoms in total. The fourth-order valence-corrected chi connectivity index (χ4v) is 5.85. The highest BCUT2D eigenvalue weighted by molar-refractivity contribution is 5.81. The summed E-state index contributed by atoms with van der Waals surface area (Å²) in [5.41, 5.74) is 0.301. The molecule has 12 heteroatoms. The van der Waals surface area contributed by atoms with Crippen molar-refractivity contribution >= 4 is 12.0 Å². The third-order valence-corrected chi connectivity index (χ3v) is 8.15. The van der Waals surface area contributed by atoms with Gasteiger partial charge in [0.1, 0.15) is 35.3 Å². The first-order chi connectivity index (χ1) is 21.3. The summed E-state index contributed by atoms with van der Waals surface area (Å²) in [7, 11) is 0. The molecule has 5 rings (SSSR count). The highest BCUT2D eigenvalue weighted by Gasteiger charge is 2.44. The van der Waals surface area contributed by atoms with Crippen molar-refractivity contribution in [1.82, 2.24) is 24.7 Å². The van der Waals surface area contributed by atoms with E-state index in [0.29, 0.717) is 25.5 Å². The maximum atomic E-state index is 15.5. The Hall–Kier alpha value is -3.90. The summed E-state index contributed by atoms with van der Waals surface area (Å²) in [5.74, 6) is -2.43. The van der Waals surface area contributed by atoms with Gasteiger partial charge in [-0.3, -0.25) is 4.79 Å². The molecule has 0 spiro atoms. The van der Waals surface area contributed by atoms with Crippen LogP contribution in [-0.4, -0.2) is 87.1 Å². The molecule has 0 radical (unpaired) electrons. The molecule has 0 bridgehead atoms. The molecule has 0 saturated carbocycles. The van der Waals surface area contributed by atoms with E-state index in [-0.39, 0.29) is 36.8 Å². The minimum absolute atomic E-state index is 0.0213. The van der Waals surface area contributed by atoms with Gasteiger partial charge in [0, 0.05) is 56.3 Å². The fourth-order valence-electron chi connectivity index (χ4n) is 5.85. The van der Waals surface area contributed by atoms with Crippen molar-refractivity contribution in [1.29, 1.82) is 0 Å². The van der Waals surface area contributed by atoms with Gasteiger partial charge >= 0.3 is 6.09 Å². The summed E-state index contributed by atoms with van der Waals surface area (Å²) in [5, 5.41) is 13.7. The Balaban J connectivity index is 1.55. The quantitative estimate of drug-likeness (QED) is 0.361. The summed E-state index contributed by atoms with van der Waals surface area (Å²) < 4.78 is 52.0. The van der Waals surface area contributed by atoms with Gasteiger partial charge in [0.05, 0.1) is 18.3 Å². The predicted octanol–water partition coefficient (Wildman–Crippen LogP) is 4.55. The van der Waals surface area contributed by atoms with Crippen molar-refractivity contribution < 1.29 is 32.6 Å². The lowest BCUT2D eigenvalue weighted by atomic mass is 9.90. The first-order valence-corrected chi connectivity index (χ1v) is 15.2. The van der Waals surface area contributed by atoms with Crippen LogP contribution in [0.25, 0.3) is 11.3 Å². The van der Waals surface area contributed by atoms with Gasteiger partial charge in [0.2, 0.25) is 0 Å². The molecule has 1 aromatic heterocycles. The molecule has 2 aliphatic heterocycles. The normalized spacial score (nSPS) is 20.0.